The van der Waals surface area contributed by atoms with Crippen LogP contribution in [0, 0.1) is 0 Å². The topological polar surface area (TPSA) is 55.4 Å². The number of allylic oxidation sites excluding steroid dienone is 4. The number of cyclic esters (lactones) is 1. The fraction of sp³-hybridized carbons (Fsp3) is 0.619. The van der Waals surface area contributed by atoms with Crippen molar-refractivity contribution < 1.29 is 14.3 Å². The number of ether oxygens (including phenoxy) is 1. The quantitative estimate of drug-likeness (QED) is 0.308. The van der Waals surface area contributed by atoms with E-state index >= 15 is 0 Å². The third-order valence-corrected chi connectivity index (χ3v) is 4.37. The zero-order valence-corrected chi connectivity index (χ0v) is 16.0. The summed E-state index contributed by atoms with van der Waals surface area (Å²) in [6.07, 6.45) is 19.2. The molecule has 0 aromatic heterocycles. The van der Waals surface area contributed by atoms with E-state index in [0.717, 1.165) is 6.42 Å². The van der Waals surface area contributed by atoms with Crippen LogP contribution < -0.4 is 5.32 Å². The highest BCUT2D eigenvalue weighted by Gasteiger charge is 2.34. The second-order valence-corrected chi connectivity index (χ2v) is 6.76. The van der Waals surface area contributed by atoms with Gasteiger partial charge in [-0.1, -0.05) is 63.8 Å². The molecule has 1 rings (SSSR count). The summed E-state index contributed by atoms with van der Waals surface area (Å²) in [6, 6.07) is 0. The third-order valence-electron chi connectivity index (χ3n) is 4.37. The molecule has 0 radical (unpaired) electrons. The van der Waals surface area contributed by atoms with Gasteiger partial charge in [-0.05, 0) is 38.7 Å². The van der Waals surface area contributed by atoms with Crippen LogP contribution in [0.5, 0.6) is 0 Å². The third kappa shape index (κ3) is 8.71. The maximum atomic E-state index is 11.9. The lowest BCUT2D eigenvalue weighted by atomic mass is 10.0. The molecule has 0 saturated carbocycles. The van der Waals surface area contributed by atoms with Crippen LogP contribution in [0.15, 0.2) is 36.1 Å². The van der Waals surface area contributed by atoms with Gasteiger partial charge in [0.2, 0.25) is 5.91 Å². The molecule has 1 aliphatic rings. The average Bonchev–Trinajstić information content (AvgIpc) is 2.87. The van der Waals surface area contributed by atoms with Gasteiger partial charge in [0.1, 0.15) is 11.3 Å². The van der Waals surface area contributed by atoms with Crippen molar-refractivity contribution in [2.24, 2.45) is 0 Å². The Labute approximate surface area is 152 Å². The maximum absolute atomic E-state index is 11.9. The Morgan fingerprint density at radius 3 is 2.44 bits per heavy atom. The standard InChI is InChI=1S/C21H33NO3/c1-4-6-7-8-9-10-11-12-13-14-15-16-19(23)22-18-17-21(3,5-2)25-20(18)24/h11-14,17H,4-10,15-16H2,1-3H3,(H,22,23)/b12-11+,14-13-/t21-/m0/s1. The molecular formula is C21H33NO3. The summed E-state index contributed by atoms with van der Waals surface area (Å²) in [5.74, 6) is -0.608. The molecule has 1 amide bonds. The predicted octanol–water partition coefficient (Wildman–Crippen LogP) is 4.97. The first-order valence-corrected chi connectivity index (χ1v) is 9.58. The van der Waals surface area contributed by atoms with Crippen LogP contribution in [0.4, 0.5) is 0 Å². The highest BCUT2D eigenvalue weighted by molar-refractivity contribution is 5.96. The molecule has 0 aliphatic carbocycles. The van der Waals surface area contributed by atoms with Gasteiger partial charge in [-0.2, -0.15) is 0 Å². The van der Waals surface area contributed by atoms with Gasteiger partial charge in [-0.15, -0.1) is 0 Å². The summed E-state index contributed by atoms with van der Waals surface area (Å²) < 4.78 is 5.25. The van der Waals surface area contributed by atoms with Gasteiger partial charge in [0.05, 0.1) is 0 Å². The molecule has 0 aromatic carbocycles. The normalized spacial score (nSPS) is 20.3. The SMILES string of the molecule is CCCCCCC/C=C/C=C\CCC(=O)NC1=C[C@](C)(CC)OC1=O. The lowest BCUT2D eigenvalue weighted by molar-refractivity contribution is -0.146. The van der Waals surface area contributed by atoms with Crippen molar-refractivity contribution in [1.82, 2.24) is 5.32 Å². The fourth-order valence-electron chi connectivity index (χ4n) is 2.56. The monoisotopic (exact) mass is 347 g/mol. The molecule has 0 spiro atoms. The second kappa shape index (κ2) is 11.7. The molecule has 1 heterocycles. The second-order valence-electron chi connectivity index (χ2n) is 6.76. The fourth-order valence-corrected chi connectivity index (χ4v) is 2.56. The lowest BCUT2D eigenvalue weighted by Gasteiger charge is -2.17. The van der Waals surface area contributed by atoms with Crippen LogP contribution in [-0.2, 0) is 14.3 Å². The van der Waals surface area contributed by atoms with Crippen LogP contribution in [0.3, 0.4) is 0 Å². The Morgan fingerprint density at radius 2 is 1.80 bits per heavy atom. The largest absolute Gasteiger partial charge is 0.450 e. The number of amides is 1. The number of unbranched alkanes of at least 4 members (excludes halogenated alkanes) is 5. The summed E-state index contributed by atoms with van der Waals surface area (Å²) in [4.78, 5) is 23.6. The van der Waals surface area contributed by atoms with E-state index in [2.05, 4.69) is 18.3 Å². The molecule has 1 N–H and O–H groups in total. The lowest BCUT2D eigenvalue weighted by Crippen LogP contribution is -2.26. The van der Waals surface area contributed by atoms with Crippen molar-refractivity contribution in [2.75, 3.05) is 0 Å². The molecule has 4 nitrogen and oxygen atoms in total. The van der Waals surface area contributed by atoms with E-state index in [1.807, 2.05) is 32.1 Å². The molecule has 25 heavy (non-hydrogen) atoms. The molecule has 0 aromatic rings. The van der Waals surface area contributed by atoms with Crippen molar-refractivity contribution >= 4 is 11.9 Å². The van der Waals surface area contributed by atoms with E-state index in [1.54, 1.807) is 6.08 Å². The van der Waals surface area contributed by atoms with E-state index in [-0.39, 0.29) is 11.6 Å². The molecule has 0 fully saturated rings. The summed E-state index contributed by atoms with van der Waals surface area (Å²) in [7, 11) is 0. The number of hydrogen-bond donors (Lipinski definition) is 1. The van der Waals surface area contributed by atoms with Crippen LogP contribution in [0.2, 0.25) is 0 Å². The highest BCUT2D eigenvalue weighted by Crippen LogP contribution is 2.26. The van der Waals surface area contributed by atoms with Crippen molar-refractivity contribution in [2.45, 2.75) is 84.2 Å². The predicted molar refractivity (Wildman–Crippen MR) is 102 cm³/mol. The zero-order chi connectivity index (χ0) is 18.5. The number of rotatable bonds is 12. The molecule has 1 atom stereocenters. The van der Waals surface area contributed by atoms with Crippen LogP contribution >= 0.6 is 0 Å². The highest BCUT2D eigenvalue weighted by atomic mass is 16.6. The van der Waals surface area contributed by atoms with E-state index in [0.29, 0.717) is 19.3 Å². The van der Waals surface area contributed by atoms with Crippen molar-refractivity contribution in [3.8, 4) is 0 Å². The molecule has 4 heteroatoms. The van der Waals surface area contributed by atoms with E-state index in [4.69, 9.17) is 4.74 Å². The van der Waals surface area contributed by atoms with Gasteiger partial charge in [-0.3, -0.25) is 4.79 Å². The first kappa shape index (κ1) is 21.2. The van der Waals surface area contributed by atoms with Gasteiger partial charge in [0.15, 0.2) is 0 Å². The number of carbonyl (C=O) groups is 2. The van der Waals surface area contributed by atoms with Crippen LogP contribution in [0.25, 0.3) is 0 Å². The van der Waals surface area contributed by atoms with Gasteiger partial charge in [0.25, 0.3) is 0 Å². The molecule has 0 bridgehead atoms. The first-order valence-electron chi connectivity index (χ1n) is 9.58. The van der Waals surface area contributed by atoms with Crippen molar-refractivity contribution in [3.63, 3.8) is 0 Å². The Hall–Kier alpha value is -1.84. The first-order chi connectivity index (χ1) is 12.0. The minimum absolute atomic E-state index is 0.159. The van der Waals surface area contributed by atoms with Gasteiger partial charge < -0.3 is 10.1 Å². The summed E-state index contributed by atoms with van der Waals surface area (Å²) in [6.45, 7) is 6.00. The van der Waals surface area contributed by atoms with E-state index < -0.39 is 11.6 Å². The van der Waals surface area contributed by atoms with E-state index in [1.165, 1.54) is 32.1 Å². The number of nitrogens with one attached hydrogen (secondary N) is 1. The molecule has 140 valence electrons. The minimum Gasteiger partial charge on any atom is -0.450 e. The Bertz CT molecular complexity index is 519. The smallest absolute Gasteiger partial charge is 0.355 e. The van der Waals surface area contributed by atoms with Gasteiger partial charge in [-0.25, -0.2) is 4.79 Å². The van der Waals surface area contributed by atoms with Gasteiger partial charge >= 0.3 is 5.97 Å². The number of hydrogen-bond acceptors (Lipinski definition) is 3. The Balaban J connectivity index is 2.16. The molecule has 0 unspecified atom stereocenters. The van der Waals surface area contributed by atoms with Crippen LogP contribution in [-0.4, -0.2) is 17.5 Å². The van der Waals surface area contributed by atoms with Crippen molar-refractivity contribution in [1.29, 1.82) is 0 Å². The Kier molecular flexibility index (Phi) is 9.90. The number of carbonyl (C=O) groups excluding carboxylic acids is 2. The van der Waals surface area contributed by atoms with Crippen molar-refractivity contribution in [3.05, 3.63) is 36.1 Å². The zero-order valence-electron chi connectivity index (χ0n) is 16.0. The molecule has 1 aliphatic heterocycles. The number of esters is 1. The summed E-state index contributed by atoms with van der Waals surface area (Å²) in [5.41, 5.74) is -0.331. The van der Waals surface area contributed by atoms with Gasteiger partial charge in [0, 0.05) is 6.42 Å². The Morgan fingerprint density at radius 1 is 1.12 bits per heavy atom. The molecular weight excluding hydrogens is 314 g/mol. The molecule has 0 saturated heterocycles. The summed E-state index contributed by atoms with van der Waals surface area (Å²) in [5, 5.41) is 2.65. The maximum Gasteiger partial charge on any atom is 0.355 e. The van der Waals surface area contributed by atoms with E-state index in [9.17, 15) is 9.59 Å². The van der Waals surface area contributed by atoms with Crippen LogP contribution in [0.1, 0.15) is 78.6 Å². The minimum atomic E-state index is -0.596. The summed E-state index contributed by atoms with van der Waals surface area (Å²) >= 11 is 0. The average molecular weight is 347 g/mol.